The van der Waals surface area contributed by atoms with Crippen molar-refractivity contribution in [2.45, 2.75) is 51.5 Å². The molecule has 0 aromatic carbocycles. The maximum atomic E-state index is 10.3. The minimum atomic E-state index is -1.06. The number of ether oxygens (including phenoxy) is 1. The number of aliphatic hydroxyl groups is 1. The Hall–Kier alpha value is -0.650. The first-order valence-corrected chi connectivity index (χ1v) is 4.56. The highest BCUT2D eigenvalue weighted by Crippen LogP contribution is 2.12. The summed E-state index contributed by atoms with van der Waals surface area (Å²) in [5.41, 5.74) is 4.82. The van der Waals surface area contributed by atoms with Gasteiger partial charge in [0, 0.05) is 6.42 Å². The molecular formula is C9H19NO4. The molecule has 0 rings (SSSR count). The maximum absolute atomic E-state index is 10.3. The van der Waals surface area contributed by atoms with Gasteiger partial charge in [0.05, 0.1) is 5.60 Å². The van der Waals surface area contributed by atoms with Crippen LogP contribution in [0.15, 0.2) is 0 Å². The molecule has 14 heavy (non-hydrogen) atoms. The number of carboxylic acid groups (broad SMARTS) is 1. The van der Waals surface area contributed by atoms with Crippen LogP contribution in [-0.2, 0) is 9.53 Å². The van der Waals surface area contributed by atoms with Crippen LogP contribution in [-0.4, -0.2) is 34.1 Å². The van der Waals surface area contributed by atoms with E-state index in [1.54, 1.807) is 0 Å². The lowest BCUT2D eigenvalue weighted by atomic mass is 10.1. The molecule has 2 atom stereocenters. The number of aliphatic hydroxyl groups excluding tert-OH is 1. The summed E-state index contributed by atoms with van der Waals surface area (Å²) in [4.78, 5) is 10.3. The summed E-state index contributed by atoms with van der Waals surface area (Å²) in [6.07, 6.45) is -0.530. The zero-order valence-electron chi connectivity index (χ0n) is 8.86. The Balaban J connectivity index is 3.74. The van der Waals surface area contributed by atoms with Crippen LogP contribution in [0.4, 0.5) is 0 Å². The SMILES string of the molecule is CC(C)(C)OC(O)CC[C@@H](N)C(=O)O. The van der Waals surface area contributed by atoms with E-state index in [4.69, 9.17) is 15.6 Å². The highest BCUT2D eigenvalue weighted by molar-refractivity contribution is 5.72. The zero-order chi connectivity index (χ0) is 11.4. The number of hydrogen-bond acceptors (Lipinski definition) is 4. The topological polar surface area (TPSA) is 92.8 Å². The van der Waals surface area contributed by atoms with Crippen molar-refractivity contribution in [1.29, 1.82) is 0 Å². The van der Waals surface area contributed by atoms with Crippen molar-refractivity contribution in [3.8, 4) is 0 Å². The van der Waals surface area contributed by atoms with Gasteiger partial charge in [-0.2, -0.15) is 0 Å². The molecule has 0 bridgehead atoms. The van der Waals surface area contributed by atoms with E-state index < -0.39 is 23.9 Å². The van der Waals surface area contributed by atoms with Crippen molar-refractivity contribution in [3.63, 3.8) is 0 Å². The summed E-state index contributed by atoms with van der Waals surface area (Å²) in [5, 5.41) is 17.8. The molecule has 5 nitrogen and oxygen atoms in total. The van der Waals surface area contributed by atoms with Crippen LogP contribution in [0.25, 0.3) is 0 Å². The van der Waals surface area contributed by atoms with E-state index >= 15 is 0 Å². The van der Waals surface area contributed by atoms with Crippen molar-refractivity contribution in [2.75, 3.05) is 0 Å². The Bertz CT molecular complexity index is 188. The van der Waals surface area contributed by atoms with Crippen LogP contribution >= 0.6 is 0 Å². The molecule has 0 amide bonds. The van der Waals surface area contributed by atoms with Crippen molar-refractivity contribution < 1.29 is 19.7 Å². The van der Waals surface area contributed by atoms with Crippen molar-refractivity contribution >= 4 is 5.97 Å². The molecule has 0 aromatic rings. The third-order valence-corrected chi connectivity index (χ3v) is 1.53. The molecule has 0 aliphatic carbocycles. The van der Waals surface area contributed by atoms with Gasteiger partial charge in [-0.1, -0.05) is 0 Å². The minimum absolute atomic E-state index is 0.201. The predicted molar refractivity (Wildman–Crippen MR) is 51.7 cm³/mol. The zero-order valence-corrected chi connectivity index (χ0v) is 8.86. The minimum Gasteiger partial charge on any atom is -0.480 e. The molecule has 0 saturated heterocycles. The molecule has 0 heterocycles. The Morgan fingerprint density at radius 1 is 1.43 bits per heavy atom. The summed E-state index contributed by atoms with van der Waals surface area (Å²) < 4.78 is 5.17. The normalized spacial score (nSPS) is 16.4. The van der Waals surface area contributed by atoms with E-state index in [0.717, 1.165) is 0 Å². The summed E-state index contributed by atoms with van der Waals surface area (Å²) in [7, 11) is 0. The van der Waals surface area contributed by atoms with E-state index in [1.807, 2.05) is 20.8 Å². The predicted octanol–water partition coefficient (Wildman–Crippen LogP) is 0.312. The first-order chi connectivity index (χ1) is 6.22. The highest BCUT2D eigenvalue weighted by atomic mass is 16.6. The van der Waals surface area contributed by atoms with Crippen LogP contribution in [0.5, 0.6) is 0 Å². The van der Waals surface area contributed by atoms with Gasteiger partial charge in [0.15, 0.2) is 6.29 Å². The molecule has 0 fully saturated rings. The summed E-state index contributed by atoms with van der Waals surface area (Å²) in [5.74, 6) is -1.06. The van der Waals surface area contributed by atoms with Crippen molar-refractivity contribution in [1.82, 2.24) is 0 Å². The van der Waals surface area contributed by atoms with E-state index in [2.05, 4.69) is 0 Å². The van der Waals surface area contributed by atoms with E-state index in [9.17, 15) is 9.90 Å². The maximum Gasteiger partial charge on any atom is 0.320 e. The van der Waals surface area contributed by atoms with Gasteiger partial charge in [0.25, 0.3) is 0 Å². The Labute approximate surface area is 83.9 Å². The lowest BCUT2D eigenvalue weighted by Crippen LogP contribution is -2.33. The summed E-state index contributed by atoms with van der Waals surface area (Å²) in [6.45, 7) is 5.44. The molecule has 1 unspecified atom stereocenters. The fraction of sp³-hybridized carbons (Fsp3) is 0.889. The molecule has 0 saturated carbocycles. The van der Waals surface area contributed by atoms with Gasteiger partial charge >= 0.3 is 5.97 Å². The molecule has 0 aliphatic heterocycles. The fourth-order valence-electron chi connectivity index (χ4n) is 0.913. The van der Waals surface area contributed by atoms with Crippen LogP contribution in [0.2, 0.25) is 0 Å². The van der Waals surface area contributed by atoms with E-state index in [1.165, 1.54) is 0 Å². The Morgan fingerprint density at radius 2 is 1.93 bits per heavy atom. The smallest absolute Gasteiger partial charge is 0.320 e. The number of rotatable bonds is 5. The number of hydrogen-bond donors (Lipinski definition) is 3. The monoisotopic (exact) mass is 205 g/mol. The lowest BCUT2D eigenvalue weighted by Gasteiger charge is -2.24. The fourth-order valence-corrected chi connectivity index (χ4v) is 0.913. The van der Waals surface area contributed by atoms with Gasteiger partial charge in [-0.25, -0.2) is 0 Å². The third-order valence-electron chi connectivity index (χ3n) is 1.53. The number of nitrogens with two attached hydrogens (primary N) is 1. The largest absolute Gasteiger partial charge is 0.480 e. The lowest BCUT2D eigenvalue weighted by molar-refractivity contribution is -0.169. The number of aliphatic carboxylic acids is 1. The second-order valence-electron chi connectivity index (χ2n) is 4.21. The molecule has 0 spiro atoms. The molecule has 4 N–H and O–H groups in total. The van der Waals surface area contributed by atoms with Crippen LogP contribution in [0, 0.1) is 0 Å². The van der Waals surface area contributed by atoms with Gasteiger partial charge in [-0.15, -0.1) is 0 Å². The molecule has 0 radical (unpaired) electrons. The number of carbonyl (C=O) groups is 1. The summed E-state index contributed by atoms with van der Waals surface area (Å²) in [6, 6.07) is -0.937. The molecule has 0 aliphatic rings. The second kappa shape index (κ2) is 5.29. The standard InChI is InChI=1S/C9H19NO4/c1-9(2,3)14-7(11)5-4-6(10)8(12)13/h6-7,11H,4-5,10H2,1-3H3,(H,12,13)/t6-,7?/m1/s1. The van der Waals surface area contributed by atoms with Gasteiger partial charge in [0.2, 0.25) is 0 Å². The van der Waals surface area contributed by atoms with Crippen LogP contribution in [0.1, 0.15) is 33.6 Å². The van der Waals surface area contributed by atoms with Gasteiger partial charge in [-0.05, 0) is 27.2 Å². The molecule has 84 valence electrons. The number of carboxylic acids is 1. The van der Waals surface area contributed by atoms with E-state index in [0.29, 0.717) is 0 Å². The summed E-state index contributed by atoms with van der Waals surface area (Å²) >= 11 is 0. The first-order valence-electron chi connectivity index (χ1n) is 4.56. The Kier molecular flexibility index (Phi) is 5.04. The third kappa shape index (κ3) is 6.82. The second-order valence-corrected chi connectivity index (χ2v) is 4.21. The quantitative estimate of drug-likeness (QED) is 0.562. The van der Waals surface area contributed by atoms with Crippen LogP contribution in [0.3, 0.4) is 0 Å². The van der Waals surface area contributed by atoms with Gasteiger partial charge in [0.1, 0.15) is 6.04 Å². The van der Waals surface area contributed by atoms with Crippen molar-refractivity contribution in [2.24, 2.45) is 5.73 Å². The van der Waals surface area contributed by atoms with E-state index in [-0.39, 0.29) is 12.8 Å². The molecule has 0 aromatic heterocycles. The highest BCUT2D eigenvalue weighted by Gasteiger charge is 2.19. The first kappa shape index (κ1) is 13.4. The average molecular weight is 205 g/mol. The van der Waals surface area contributed by atoms with Gasteiger partial charge in [-0.3, -0.25) is 4.79 Å². The average Bonchev–Trinajstić information content (AvgIpc) is 1.96. The Morgan fingerprint density at radius 3 is 2.29 bits per heavy atom. The molecule has 5 heteroatoms. The van der Waals surface area contributed by atoms with Crippen molar-refractivity contribution in [3.05, 3.63) is 0 Å². The van der Waals surface area contributed by atoms with Gasteiger partial charge < -0.3 is 20.7 Å². The molecular weight excluding hydrogens is 186 g/mol. The van der Waals surface area contributed by atoms with Crippen LogP contribution < -0.4 is 5.73 Å².